The molecule has 3 rings (SSSR count). The molecule has 0 spiro atoms. The lowest BCUT2D eigenvalue weighted by molar-refractivity contribution is 0.0940. The summed E-state index contributed by atoms with van der Waals surface area (Å²) in [6, 6.07) is 10.3. The second kappa shape index (κ2) is 5.99. The van der Waals surface area contributed by atoms with Gasteiger partial charge < -0.3 is 10.3 Å². The Hall–Kier alpha value is -2.04. The van der Waals surface area contributed by atoms with Gasteiger partial charge >= 0.3 is 0 Å². The van der Waals surface area contributed by atoms with E-state index in [4.69, 9.17) is 23.2 Å². The fourth-order valence-electron chi connectivity index (χ4n) is 2.29. The smallest absolute Gasteiger partial charge is 0.251 e. The highest BCUT2D eigenvalue weighted by atomic mass is 35.5. The van der Waals surface area contributed by atoms with E-state index in [-0.39, 0.29) is 11.9 Å². The van der Waals surface area contributed by atoms with Crippen molar-refractivity contribution in [1.82, 2.24) is 15.3 Å². The monoisotopic (exact) mass is 333 g/mol. The van der Waals surface area contributed by atoms with Gasteiger partial charge in [-0.1, -0.05) is 29.3 Å². The summed E-state index contributed by atoms with van der Waals surface area (Å²) in [5.41, 5.74) is 3.03. The van der Waals surface area contributed by atoms with Crippen LogP contribution in [0.25, 0.3) is 11.0 Å². The topological polar surface area (TPSA) is 57.8 Å². The van der Waals surface area contributed by atoms with Crippen molar-refractivity contribution in [1.29, 1.82) is 0 Å². The van der Waals surface area contributed by atoms with Gasteiger partial charge in [0, 0.05) is 15.6 Å². The number of carbonyl (C=O) groups excluding carboxylic acids is 1. The Morgan fingerprint density at radius 1 is 1.23 bits per heavy atom. The normalized spacial score (nSPS) is 12.3. The summed E-state index contributed by atoms with van der Waals surface area (Å²) in [7, 11) is 0. The zero-order chi connectivity index (χ0) is 15.7. The zero-order valence-corrected chi connectivity index (χ0v) is 13.2. The van der Waals surface area contributed by atoms with Crippen LogP contribution in [0.15, 0.2) is 42.7 Å². The number of imidazole rings is 1. The Morgan fingerprint density at radius 3 is 2.82 bits per heavy atom. The molecule has 2 N–H and O–H groups in total. The predicted molar refractivity (Wildman–Crippen MR) is 88.4 cm³/mol. The Morgan fingerprint density at radius 2 is 2.05 bits per heavy atom. The third-order valence-corrected chi connectivity index (χ3v) is 4.02. The molecule has 0 fully saturated rings. The number of hydrogen-bond donors (Lipinski definition) is 2. The molecule has 22 heavy (non-hydrogen) atoms. The van der Waals surface area contributed by atoms with Crippen LogP contribution >= 0.6 is 23.2 Å². The van der Waals surface area contributed by atoms with E-state index in [1.807, 2.05) is 13.0 Å². The van der Waals surface area contributed by atoms with Crippen LogP contribution in [0.4, 0.5) is 0 Å². The third-order valence-electron chi connectivity index (χ3n) is 3.46. The lowest BCUT2D eigenvalue weighted by Crippen LogP contribution is -2.26. The first-order valence-electron chi connectivity index (χ1n) is 6.73. The van der Waals surface area contributed by atoms with Gasteiger partial charge in [-0.2, -0.15) is 0 Å². The number of aromatic nitrogens is 2. The molecule has 2 aromatic carbocycles. The molecule has 112 valence electrons. The molecule has 0 aliphatic rings. The highest BCUT2D eigenvalue weighted by molar-refractivity contribution is 6.35. The quantitative estimate of drug-likeness (QED) is 0.748. The first-order valence-corrected chi connectivity index (χ1v) is 7.49. The number of halogens is 2. The van der Waals surface area contributed by atoms with Crippen LogP contribution < -0.4 is 5.32 Å². The van der Waals surface area contributed by atoms with Gasteiger partial charge in [-0.05, 0) is 42.8 Å². The van der Waals surface area contributed by atoms with Crippen LogP contribution in [0.1, 0.15) is 28.9 Å². The molecule has 0 aliphatic heterocycles. The molecule has 1 atom stereocenters. The van der Waals surface area contributed by atoms with Gasteiger partial charge in [0.2, 0.25) is 0 Å². The second-order valence-electron chi connectivity index (χ2n) is 5.00. The maximum Gasteiger partial charge on any atom is 0.251 e. The van der Waals surface area contributed by atoms with Gasteiger partial charge in [0.1, 0.15) is 0 Å². The highest BCUT2D eigenvalue weighted by Crippen LogP contribution is 2.26. The van der Waals surface area contributed by atoms with E-state index in [1.165, 1.54) is 0 Å². The summed E-state index contributed by atoms with van der Waals surface area (Å²) < 4.78 is 0. The largest absolute Gasteiger partial charge is 0.345 e. The van der Waals surface area contributed by atoms with E-state index >= 15 is 0 Å². The first-order chi connectivity index (χ1) is 10.5. The fraction of sp³-hybridized carbons (Fsp3) is 0.125. The van der Waals surface area contributed by atoms with Gasteiger partial charge in [0.15, 0.2) is 0 Å². The van der Waals surface area contributed by atoms with Crippen molar-refractivity contribution in [3.63, 3.8) is 0 Å². The van der Waals surface area contributed by atoms with E-state index in [0.717, 1.165) is 16.6 Å². The standard InChI is InChI=1S/C16H13Cl2N3O/c1-9(12-4-3-11(17)7-13(12)18)21-16(22)10-2-5-14-15(6-10)20-8-19-14/h2-9H,1H3,(H,19,20)(H,21,22)/t9-/m1/s1. The SMILES string of the molecule is C[C@@H](NC(=O)c1ccc2nc[nH]c2c1)c1ccc(Cl)cc1Cl. The Balaban J connectivity index is 1.80. The summed E-state index contributed by atoms with van der Waals surface area (Å²) in [5, 5.41) is 4.03. The molecule has 0 aliphatic carbocycles. The number of nitrogens with one attached hydrogen (secondary N) is 2. The van der Waals surface area contributed by atoms with Crippen molar-refractivity contribution in [3.05, 3.63) is 63.9 Å². The number of amides is 1. The number of fused-ring (bicyclic) bond motifs is 1. The predicted octanol–water partition coefficient (Wildman–Crippen LogP) is 4.36. The van der Waals surface area contributed by atoms with E-state index in [0.29, 0.717) is 15.6 Å². The van der Waals surface area contributed by atoms with E-state index < -0.39 is 0 Å². The number of aromatic amines is 1. The number of benzene rings is 2. The number of hydrogen-bond acceptors (Lipinski definition) is 2. The van der Waals surface area contributed by atoms with Crippen LogP contribution in [0, 0.1) is 0 Å². The van der Waals surface area contributed by atoms with Crippen LogP contribution in [0.2, 0.25) is 10.0 Å². The van der Waals surface area contributed by atoms with Crippen LogP contribution in [0.5, 0.6) is 0 Å². The summed E-state index contributed by atoms with van der Waals surface area (Å²) in [6.07, 6.45) is 1.60. The molecular weight excluding hydrogens is 321 g/mol. The zero-order valence-electron chi connectivity index (χ0n) is 11.7. The Labute approximate surface area is 137 Å². The molecule has 4 nitrogen and oxygen atoms in total. The minimum atomic E-state index is -0.227. The van der Waals surface area contributed by atoms with Crippen molar-refractivity contribution in [3.8, 4) is 0 Å². The fourth-order valence-corrected chi connectivity index (χ4v) is 2.86. The van der Waals surface area contributed by atoms with Crippen LogP contribution in [-0.2, 0) is 0 Å². The Kier molecular flexibility index (Phi) is 4.05. The number of rotatable bonds is 3. The van der Waals surface area contributed by atoms with E-state index in [2.05, 4.69) is 15.3 Å². The van der Waals surface area contributed by atoms with Gasteiger partial charge in [-0.15, -0.1) is 0 Å². The number of carbonyl (C=O) groups is 1. The first kappa shape index (κ1) is 14.9. The molecule has 3 aromatic rings. The molecule has 0 radical (unpaired) electrons. The van der Waals surface area contributed by atoms with Gasteiger partial charge in [0.05, 0.1) is 23.4 Å². The van der Waals surface area contributed by atoms with Gasteiger partial charge in [-0.3, -0.25) is 4.79 Å². The number of nitrogens with zero attached hydrogens (tertiary/aromatic N) is 1. The molecule has 0 unspecified atom stereocenters. The minimum Gasteiger partial charge on any atom is -0.345 e. The molecule has 0 bridgehead atoms. The maximum atomic E-state index is 12.4. The van der Waals surface area contributed by atoms with Crippen molar-refractivity contribution in [2.75, 3.05) is 0 Å². The van der Waals surface area contributed by atoms with Crippen molar-refractivity contribution in [2.45, 2.75) is 13.0 Å². The van der Waals surface area contributed by atoms with Gasteiger partial charge in [0.25, 0.3) is 5.91 Å². The van der Waals surface area contributed by atoms with E-state index in [1.54, 1.807) is 36.7 Å². The van der Waals surface area contributed by atoms with Crippen molar-refractivity contribution >= 4 is 40.1 Å². The van der Waals surface area contributed by atoms with Crippen molar-refractivity contribution < 1.29 is 4.79 Å². The average molecular weight is 334 g/mol. The second-order valence-corrected chi connectivity index (χ2v) is 5.84. The average Bonchev–Trinajstić information content (AvgIpc) is 2.94. The molecule has 1 heterocycles. The summed E-state index contributed by atoms with van der Waals surface area (Å²) in [6.45, 7) is 1.88. The minimum absolute atomic E-state index is 0.171. The molecule has 0 saturated heterocycles. The number of H-pyrrole nitrogens is 1. The lowest BCUT2D eigenvalue weighted by Gasteiger charge is -2.16. The summed E-state index contributed by atoms with van der Waals surface area (Å²) >= 11 is 12.1. The highest BCUT2D eigenvalue weighted by Gasteiger charge is 2.14. The van der Waals surface area contributed by atoms with Crippen LogP contribution in [0.3, 0.4) is 0 Å². The molecule has 0 saturated carbocycles. The Bertz CT molecular complexity index is 844. The molecule has 1 aromatic heterocycles. The summed E-state index contributed by atoms with van der Waals surface area (Å²) in [5.74, 6) is -0.171. The molecule has 1 amide bonds. The van der Waals surface area contributed by atoms with Crippen LogP contribution in [-0.4, -0.2) is 15.9 Å². The third kappa shape index (κ3) is 2.93. The van der Waals surface area contributed by atoms with E-state index in [9.17, 15) is 4.79 Å². The maximum absolute atomic E-state index is 12.4. The van der Waals surface area contributed by atoms with Crippen molar-refractivity contribution in [2.24, 2.45) is 0 Å². The molecular formula is C16H13Cl2N3O. The summed E-state index contributed by atoms with van der Waals surface area (Å²) in [4.78, 5) is 19.5. The molecule has 6 heteroatoms. The lowest BCUT2D eigenvalue weighted by atomic mass is 10.1. The van der Waals surface area contributed by atoms with Gasteiger partial charge in [-0.25, -0.2) is 4.98 Å².